The number of aliphatic hydroxyl groups excluding tert-OH is 1. The molecule has 0 aromatic heterocycles. The fourth-order valence-corrected chi connectivity index (χ4v) is 3.27. The molecule has 3 rings (SSSR count). The first kappa shape index (κ1) is 29.8. The molecule has 0 aromatic rings. The summed E-state index contributed by atoms with van der Waals surface area (Å²) in [5.41, 5.74) is 0. The third-order valence-electron chi connectivity index (χ3n) is 4.77. The maximum absolute atomic E-state index is 10.8. The van der Waals surface area contributed by atoms with Crippen molar-refractivity contribution in [1.29, 1.82) is 0 Å². The van der Waals surface area contributed by atoms with Crippen molar-refractivity contribution >= 4 is 23.1 Å². The summed E-state index contributed by atoms with van der Waals surface area (Å²) in [4.78, 5) is 10.8. The second-order valence-corrected chi connectivity index (χ2v) is 6.90. The van der Waals surface area contributed by atoms with E-state index in [1.54, 1.807) is 0 Å². The molecule has 1 N–H and O–H groups in total. The summed E-state index contributed by atoms with van der Waals surface area (Å²) in [5, 5.41) is 9.14. The maximum atomic E-state index is 10.8. The van der Waals surface area contributed by atoms with E-state index in [-0.39, 0.29) is 43.8 Å². The van der Waals surface area contributed by atoms with E-state index in [2.05, 4.69) is 0 Å². The fourth-order valence-electron chi connectivity index (χ4n) is 3.27. The summed E-state index contributed by atoms with van der Waals surface area (Å²) in [7, 11) is 0. The van der Waals surface area contributed by atoms with Crippen LogP contribution >= 0.6 is 0 Å². The minimum Gasteiger partial charge on any atom is -1.00 e. The fraction of sp³-hybridized carbons (Fsp3) is 0.950. The molecule has 1 saturated heterocycles. The Balaban J connectivity index is -0.000000332. The summed E-state index contributed by atoms with van der Waals surface area (Å²) < 4.78 is 15.7. The average molecular weight is 396 g/mol. The van der Waals surface area contributed by atoms with Crippen molar-refractivity contribution in [2.24, 2.45) is 0 Å². The number of rotatable bonds is 4. The molecule has 0 unspecified atom stereocenters. The molecule has 0 radical (unpaired) electrons. The van der Waals surface area contributed by atoms with Gasteiger partial charge in [0, 0.05) is 39.3 Å². The van der Waals surface area contributed by atoms with Gasteiger partial charge in [0.1, 0.15) is 5.78 Å². The molecule has 156 valence electrons. The van der Waals surface area contributed by atoms with Crippen LogP contribution in [0.2, 0.25) is 0 Å². The van der Waals surface area contributed by atoms with Crippen LogP contribution < -0.4 is 18.9 Å². The summed E-state index contributed by atoms with van der Waals surface area (Å²) in [6.45, 7) is 7.60. The SMILES string of the molecule is C1CCOC1.CCOC1CCC(=O)CC1.CCOC1CCC(O)CC1.[AlH3].[H-].[Li+]. The van der Waals surface area contributed by atoms with Crippen molar-refractivity contribution in [3.8, 4) is 0 Å². The van der Waals surface area contributed by atoms with Gasteiger partial charge in [-0.15, -0.1) is 0 Å². The Morgan fingerprint density at radius 3 is 1.74 bits per heavy atom. The van der Waals surface area contributed by atoms with Crippen molar-refractivity contribution in [2.75, 3.05) is 26.4 Å². The van der Waals surface area contributed by atoms with E-state index < -0.39 is 0 Å². The van der Waals surface area contributed by atoms with Gasteiger partial charge in [0.2, 0.25) is 0 Å². The topological polar surface area (TPSA) is 65.0 Å². The van der Waals surface area contributed by atoms with E-state index in [4.69, 9.17) is 19.3 Å². The number of carbonyl (C=O) groups is 1. The van der Waals surface area contributed by atoms with Gasteiger partial charge >= 0.3 is 18.9 Å². The summed E-state index contributed by atoms with van der Waals surface area (Å²) in [5.74, 6) is 0.399. The first-order valence-electron chi connectivity index (χ1n) is 10.2. The van der Waals surface area contributed by atoms with Crippen molar-refractivity contribution in [2.45, 2.75) is 96.4 Å². The number of hydrogen-bond acceptors (Lipinski definition) is 5. The molecule has 0 aromatic carbocycles. The number of hydrogen-bond donors (Lipinski definition) is 1. The first-order valence-corrected chi connectivity index (χ1v) is 10.2. The second-order valence-electron chi connectivity index (χ2n) is 6.90. The van der Waals surface area contributed by atoms with Crippen LogP contribution in [-0.2, 0) is 19.0 Å². The van der Waals surface area contributed by atoms with Crippen LogP contribution in [0.25, 0.3) is 0 Å². The average Bonchev–Trinajstić information content (AvgIpc) is 3.20. The van der Waals surface area contributed by atoms with Gasteiger partial charge in [-0.2, -0.15) is 0 Å². The molecule has 5 nitrogen and oxygen atoms in total. The Hall–Kier alpha value is 0.640. The maximum Gasteiger partial charge on any atom is 1.00 e. The van der Waals surface area contributed by atoms with Gasteiger partial charge in [-0.1, -0.05) is 0 Å². The van der Waals surface area contributed by atoms with Crippen molar-refractivity contribution in [3.05, 3.63) is 0 Å². The van der Waals surface area contributed by atoms with Gasteiger partial charge in [0.05, 0.1) is 18.3 Å². The van der Waals surface area contributed by atoms with Crippen LogP contribution in [0.3, 0.4) is 0 Å². The predicted molar refractivity (Wildman–Crippen MR) is 110 cm³/mol. The van der Waals surface area contributed by atoms with Crippen molar-refractivity contribution in [1.82, 2.24) is 0 Å². The van der Waals surface area contributed by atoms with E-state index >= 15 is 0 Å². The molecule has 2 aliphatic carbocycles. The zero-order valence-electron chi connectivity index (χ0n) is 18.2. The third kappa shape index (κ3) is 16.2. The van der Waals surface area contributed by atoms with Gasteiger partial charge in [0.15, 0.2) is 17.4 Å². The predicted octanol–water partition coefficient (Wildman–Crippen LogP) is -0.410. The van der Waals surface area contributed by atoms with Gasteiger partial charge < -0.3 is 20.7 Å². The third-order valence-corrected chi connectivity index (χ3v) is 4.77. The monoisotopic (exact) mass is 396 g/mol. The van der Waals surface area contributed by atoms with Crippen LogP contribution in [0.15, 0.2) is 0 Å². The molecule has 0 atom stereocenters. The van der Waals surface area contributed by atoms with Gasteiger partial charge in [-0.05, 0) is 65.2 Å². The summed E-state index contributed by atoms with van der Waals surface area (Å²) in [6, 6.07) is 0. The Bertz CT molecular complexity index is 323. The van der Waals surface area contributed by atoms with Crippen molar-refractivity contribution in [3.63, 3.8) is 0 Å². The standard InChI is InChI=1S/C8H16O2.C8H14O2.C4H8O.Al.Li.4H/c2*1-2-10-8-5-3-7(9)4-6-8;1-2-4-5-3-1;;;;;;/h7-9H,2-6H2,1H3;8H,2-6H2,1H3;1-4H2;;;;;;/q;;;;+1;;;;-1. The van der Waals surface area contributed by atoms with Crippen LogP contribution in [0.4, 0.5) is 0 Å². The molecule has 2 saturated carbocycles. The van der Waals surface area contributed by atoms with Gasteiger partial charge in [-0.25, -0.2) is 0 Å². The van der Waals surface area contributed by atoms with Gasteiger partial charge in [0.25, 0.3) is 0 Å². The number of aliphatic hydroxyl groups is 1. The molecule has 1 heterocycles. The molecule has 0 spiro atoms. The summed E-state index contributed by atoms with van der Waals surface area (Å²) in [6.07, 6.45) is 10.5. The van der Waals surface area contributed by atoms with Gasteiger partial charge in [-0.3, -0.25) is 4.79 Å². The van der Waals surface area contributed by atoms with Crippen LogP contribution in [0.5, 0.6) is 0 Å². The molecule has 0 amide bonds. The normalized spacial score (nSPS) is 25.1. The Labute approximate surface area is 190 Å². The molecular weight excluding hydrogens is 354 g/mol. The van der Waals surface area contributed by atoms with Crippen molar-refractivity contribution < 1.29 is 44.4 Å². The minimum absolute atomic E-state index is 0. The molecule has 3 aliphatic rings. The molecule has 3 fully saturated rings. The zero-order chi connectivity index (χ0) is 18.3. The summed E-state index contributed by atoms with van der Waals surface area (Å²) >= 11 is 0. The van der Waals surface area contributed by atoms with Crippen LogP contribution in [-0.4, -0.2) is 73.0 Å². The second kappa shape index (κ2) is 19.9. The van der Waals surface area contributed by atoms with E-state index in [1.807, 2.05) is 13.8 Å². The Morgan fingerprint density at radius 2 is 1.37 bits per heavy atom. The quantitative estimate of drug-likeness (QED) is 0.655. The molecule has 27 heavy (non-hydrogen) atoms. The van der Waals surface area contributed by atoms with E-state index in [1.165, 1.54) is 12.8 Å². The Morgan fingerprint density at radius 1 is 0.926 bits per heavy atom. The zero-order valence-corrected chi connectivity index (χ0v) is 17.2. The number of ether oxygens (including phenoxy) is 3. The van der Waals surface area contributed by atoms with Crippen LogP contribution in [0.1, 0.15) is 79.5 Å². The number of ketones is 1. The molecule has 0 bridgehead atoms. The first-order chi connectivity index (χ1) is 12.2. The van der Waals surface area contributed by atoms with E-state index in [0.717, 1.165) is 77.8 Å². The smallest absolute Gasteiger partial charge is 1.00 e. The van der Waals surface area contributed by atoms with E-state index in [0.29, 0.717) is 18.0 Å². The molecule has 7 heteroatoms. The largest absolute Gasteiger partial charge is 1.00 e. The van der Waals surface area contributed by atoms with Crippen LogP contribution in [0, 0.1) is 0 Å². The molecular formula is C20H42AlLiO5. The minimum atomic E-state index is -0.0586. The molecule has 1 aliphatic heterocycles. The Kier molecular flexibility index (Phi) is 22.0. The number of Topliss-reactive ketones (excluding diaryl/α,β-unsaturated/α-hetero) is 1. The number of carbonyl (C=O) groups excluding carboxylic acids is 1. The van der Waals surface area contributed by atoms with E-state index in [9.17, 15) is 4.79 Å².